The summed E-state index contributed by atoms with van der Waals surface area (Å²) in [5, 5.41) is 0. The Balaban J connectivity index is 1.40. The van der Waals surface area contributed by atoms with E-state index in [1.807, 2.05) is 11.0 Å². The SMILES string of the molecule is Cc1cc(/C=C/C(=O)N2CCC(N3CCCC3)C2)c(C)n1C1CCCCC1. The summed E-state index contributed by atoms with van der Waals surface area (Å²) < 4.78 is 2.52. The van der Waals surface area contributed by atoms with Crippen LogP contribution in [0.4, 0.5) is 0 Å². The first-order chi connectivity index (χ1) is 13.1. The number of hydrogen-bond donors (Lipinski definition) is 0. The van der Waals surface area contributed by atoms with Crippen molar-refractivity contribution in [1.82, 2.24) is 14.4 Å². The summed E-state index contributed by atoms with van der Waals surface area (Å²) in [5.41, 5.74) is 3.86. The van der Waals surface area contributed by atoms with Crippen molar-refractivity contribution < 1.29 is 4.79 Å². The molecule has 148 valence electrons. The summed E-state index contributed by atoms with van der Waals surface area (Å²) in [5.74, 6) is 0.180. The van der Waals surface area contributed by atoms with Gasteiger partial charge in [-0.1, -0.05) is 19.3 Å². The first kappa shape index (κ1) is 18.8. The Bertz CT molecular complexity index is 693. The Morgan fingerprint density at radius 2 is 1.70 bits per heavy atom. The number of nitrogens with zero attached hydrogens (tertiary/aromatic N) is 3. The van der Waals surface area contributed by atoms with Crippen molar-refractivity contribution in [3.8, 4) is 0 Å². The summed E-state index contributed by atoms with van der Waals surface area (Å²) in [6.07, 6.45) is 14.3. The highest BCUT2D eigenvalue weighted by molar-refractivity contribution is 5.92. The van der Waals surface area contributed by atoms with Gasteiger partial charge in [0, 0.05) is 42.6 Å². The molecule has 0 aromatic carbocycles. The second-order valence-electron chi connectivity index (χ2n) is 8.79. The Morgan fingerprint density at radius 3 is 2.44 bits per heavy atom. The maximum absolute atomic E-state index is 12.7. The van der Waals surface area contributed by atoms with Crippen molar-refractivity contribution in [3.05, 3.63) is 29.1 Å². The van der Waals surface area contributed by atoms with Gasteiger partial charge in [0.1, 0.15) is 0 Å². The molecule has 3 fully saturated rings. The van der Waals surface area contributed by atoms with Gasteiger partial charge in [-0.05, 0) is 76.7 Å². The van der Waals surface area contributed by atoms with Gasteiger partial charge in [-0.15, -0.1) is 0 Å². The van der Waals surface area contributed by atoms with Crippen molar-refractivity contribution in [2.24, 2.45) is 0 Å². The van der Waals surface area contributed by atoms with E-state index in [-0.39, 0.29) is 5.91 Å². The van der Waals surface area contributed by atoms with E-state index in [1.165, 1.54) is 75.0 Å². The first-order valence-corrected chi connectivity index (χ1v) is 11.0. The molecule has 2 aliphatic heterocycles. The van der Waals surface area contributed by atoms with Crippen LogP contribution in [0.25, 0.3) is 6.08 Å². The molecule has 1 aromatic heterocycles. The molecule has 0 N–H and O–H groups in total. The molecule has 27 heavy (non-hydrogen) atoms. The van der Waals surface area contributed by atoms with Crippen molar-refractivity contribution in [3.63, 3.8) is 0 Å². The summed E-state index contributed by atoms with van der Waals surface area (Å²) in [4.78, 5) is 17.3. The zero-order chi connectivity index (χ0) is 18.8. The lowest BCUT2D eigenvalue weighted by Crippen LogP contribution is -2.36. The van der Waals surface area contributed by atoms with E-state index in [0.717, 1.165) is 19.5 Å². The van der Waals surface area contributed by atoms with Crippen LogP contribution in [0.2, 0.25) is 0 Å². The van der Waals surface area contributed by atoms with Crippen LogP contribution < -0.4 is 0 Å². The molecule has 1 atom stereocenters. The average molecular weight is 370 g/mol. The predicted molar refractivity (Wildman–Crippen MR) is 111 cm³/mol. The second kappa shape index (κ2) is 8.22. The standard InChI is InChI=1S/C23H35N3O/c1-18-16-20(19(2)26(18)21-8-4-3-5-9-21)10-11-23(27)25-15-12-22(17-25)24-13-6-7-14-24/h10-11,16,21-22H,3-9,12-15,17H2,1-2H3/b11-10+. The van der Waals surface area contributed by atoms with Gasteiger partial charge >= 0.3 is 0 Å². The molecule has 3 aliphatic rings. The molecule has 0 radical (unpaired) electrons. The predicted octanol–water partition coefficient (Wildman–Crippen LogP) is 4.32. The molecule has 4 rings (SSSR count). The van der Waals surface area contributed by atoms with Crippen LogP contribution in [-0.4, -0.2) is 52.5 Å². The van der Waals surface area contributed by atoms with Gasteiger partial charge in [0.25, 0.3) is 0 Å². The number of rotatable bonds is 4. The summed E-state index contributed by atoms with van der Waals surface area (Å²) in [7, 11) is 0. The van der Waals surface area contributed by atoms with Crippen LogP contribution in [0.15, 0.2) is 12.1 Å². The smallest absolute Gasteiger partial charge is 0.246 e. The van der Waals surface area contributed by atoms with Gasteiger partial charge in [-0.25, -0.2) is 0 Å². The lowest BCUT2D eigenvalue weighted by atomic mass is 9.95. The van der Waals surface area contributed by atoms with E-state index in [2.05, 4.69) is 29.4 Å². The molecule has 4 heteroatoms. The van der Waals surface area contributed by atoms with Crippen molar-refractivity contribution in [2.75, 3.05) is 26.2 Å². The monoisotopic (exact) mass is 369 g/mol. The van der Waals surface area contributed by atoms with Gasteiger partial charge < -0.3 is 9.47 Å². The number of aromatic nitrogens is 1. The van der Waals surface area contributed by atoms with E-state index in [1.54, 1.807) is 6.08 Å². The summed E-state index contributed by atoms with van der Waals surface area (Å²) in [6.45, 7) is 8.67. The Morgan fingerprint density at radius 1 is 0.963 bits per heavy atom. The minimum atomic E-state index is 0.180. The molecule has 2 saturated heterocycles. The Kier molecular flexibility index (Phi) is 5.72. The number of amides is 1. The highest BCUT2D eigenvalue weighted by atomic mass is 16.2. The quantitative estimate of drug-likeness (QED) is 0.740. The van der Waals surface area contributed by atoms with E-state index in [4.69, 9.17) is 0 Å². The van der Waals surface area contributed by atoms with Gasteiger partial charge in [0.15, 0.2) is 0 Å². The zero-order valence-corrected chi connectivity index (χ0v) is 17.1. The molecule has 1 amide bonds. The van der Waals surface area contributed by atoms with Crippen LogP contribution in [0, 0.1) is 13.8 Å². The van der Waals surface area contributed by atoms with Crippen LogP contribution >= 0.6 is 0 Å². The molecule has 1 unspecified atom stereocenters. The molecular weight excluding hydrogens is 334 g/mol. The van der Waals surface area contributed by atoms with Crippen LogP contribution in [-0.2, 0) is 4.79 Å². The maximum Gasteiger partial charge on any atom is 0.246 e. The molecule has 0 spiro atoms. The topological polar surface area (TPSA) is 28.5 Å². The minimum absolute atomic E-state index is 0.180. The normalized spacial score (nSPS) is 25.1. The summed E-state index contributed by atoms with van der Waals surface area (Å²) in [6, 6.07) is 3.49. The molecule has 4 nitrogen and oxygen atoms in total. The largest absolute Gasteiger partial charge is 0.346 e. The maximum atomic E-state index is 12.7. The highest BCUT2D eigenvalue weighted by Gasteiger charge is 2.30. The average Bonchev–Trinajstić information content (AvgIpc) is 3.41. The van der Waals surface area contributed by atoms with Gasteiger partial charge in [0.05, 0.1) is 0 Å². The number of likely N-dealkylation sites (tertiary alicyclic amines) is 2. The van der Waals surface area contributed by atoms with Crippen LogP contribution in [0.1, 0.15) is 74.4 Å². The number of hydrogen-bond acceptors (Lipinski definition) is 2. The minimum Gasteiger partial charge on any atom is -0.346 e. The molecule has 1 aliphatic carbocycles. The third-order valence-electron chi connectivity index (χ3n) is 7.00. The van der Waals surface area contributed by atoms with Crippen molar-refractivity contribution >= 4 is 12.0 Å². The van der Waals surface area contributed by atoms with E-state index in [0.29, 0.717) is 12.1 Å². The fourth-order valence-corrected chi connectivity index (χ4v) is 5.49. The lowest BCUT2D eigenvalue weighted by Gasteiger charge is -2.26. The first-order valence-electron chi connectivity index (χ1n) is 11.0. The molecule has 0 bridgehead atoms. The molecule has 3 heterocycles. The summed E-state index contributed by atoms with van der Waals surface area (Å²) >= 11 is 0. The number of carbonyl (C=O) groups excluding carboxylic acids is 1. The van der Waals surface area contributed by atoms with Crippen molar-refractivity contribution in [2.45, 2.75) is 77.3 Å². The number of aryl methyl sites for hydroxylation is 1. The van der Waals surface area contributed by atoms with Gasteiger partial charge in [0.2, 0.25) is 5.91 Å². The van der Waals surface area contributed by atoms with Gasteiger partial charge in [-0.2, -0.15) is 0 Å². The Labute approximate surface area is 164 Å². The van der Waals surface area contributed by atoms with E-state index < -0.39 is 0 Å². The Hall–Kier alpha value is -1.55. The van der Waals surface area contributed by atoms with Gasteiger partial charge in [-0.3, -0.25) is 9.69 Å². The fraction of sp³-hybridized carbons (Fsp3) is 0.696. The second-order valence-corrected chi connectivity index (χ2v) is 8.79. The van der Waals surface area contributed by atoms with E-state index >= 15 is 0 Å². The zero-order valence-electron chi connectivity index (χ0n) is 17.1. The fourth-order valence-electron chi connectivity index (χ4n) is 5.49. The molecule has 1 aromatic rings. The van der Waals surface area contributed by atoms with Crippen LogP contribution in [0.3, 0.4) is 0 Å². The third-order valence-corrected chi connectivity index (χ3v) is 7.00. The molecular formula is C23H35N3O. The highest BCUT2D eigenvalue weighted by Crippen LogP contribution is 2.32. The third kappa shape index (κ3) is 4.01. The van der Waals surface area contributed by atoms with Crippen LogP contribution in [0.5, 0.6) is 0 Å². The van der Waals surface area contributed by atoms with E-state index in [9.17, 15) is 4.79 Å². The number of carbonyl (C=O) groups is 1. The molecule has 1 saturated carbocycles. The lowest BCUT2D eigenvalue weighted by molar-refractivity contribution is -0.125. The van der Waals surface area contributed by atoms with Crippen molar-refractivity contribution in [1.29, 1.82) is 0 Å².